The number of carbonyl (C=O) groups is 9. The number of nitrogens with zero attached hydrogens (tertiary/aromatic N) is 7. The number of hydrogen-bond donors (Lipinski definition) is 14. The molecule has 6 aromatic rings. The zero-order chi connectivity index (χ0) is 102. The van der Waals surface area contributed by atoms with E-state index in [1.165, 1.54) is 34.7 Å². The molecule has 4 amide bonds. The molecule has 1 aliphatic carbocycles. The van der Waals surface area contributed by atoms with Crippen molar-refractivity contribution < 1.29 is 121 Å². The number of nitrogens with two attached hydrogens (primary N) is 3. The van der Waals surface area contributed by atoms with E-state index in [4.69, 9.17) is 79.4 Å². The summed E-state index contributed by atoms with van der Waals surface area (Å²) in [5.74, 6) is -1.34. The molecule has 17 N–H and O–H groups in total. The Morgan fingerprint density at radius 1 is 0.803 bits per heavy atom. The van der Waals surface area contributed by atoms with Crippen LogP contribution < -0.4 is 64.5 Å². The summed E-state index contributed by atoms with van der Waals surface area (Å²) in [5.41, 5.74) is 21.2. The molecule has 1 unspecified atom stereocenters. The molecular formula is C91H118N18O26S2. The van der Waals surface area contributed by atoms with Crippen LogP contribution in [0.1, 0.15) is 163 Å². The number of ether oxygens (including phenoxy) is 3. The van der Waals surface area contributed by atoms with Crippen LogP contribution in [0.2, 0.25) is 0 Å². The first-order valence-corrected chi connectivity index (χ1v) is 46.5. The average molecular weight is 1940 g/mol. The van der Waals surface area contributed by atoms with E-state index >= 15 is 4.79 Å². The molecule has 5 aliphatic heterocycles. The number of nitrogen functional groups attached to an aromatic ring is 1. The largest absolute Gasteiger partial charge is 0.496 e. The van der Waals surface area contributed by atoms with Crippen LogP contribution in [0.5, 0.6) is 5.75 Å². The van der Waals surface area contributed by atoms with Crippen LogP contribution in [-0.4, -0.2) is 273 Å². The summed E-state index contributed by atoms with van der Waals surface area (Å²) in [7, 11) is 8.03. The number of rotatable bonds is 38. The number of aliphatic hydroxyl groups is 3. The molecule has 12 rings (SSSR count). The number of piperidine rings is 1. The Morgan fingerprint density at radius 2 is 1.48 bits per heavy atom. The maximum Gasteiger partial charge on any atom is 0.426 e. The van der Waals surface area contributed by atoms with Gasteiger partial charge in [-0.05, 0) is 145 Å². The van der Waals surface area contributed by atoms with Crippen molar-refractivity contribution >= 4 is 151 Å². The number of anilines is 3. The minimum Gasteiger partial charge on any atom is -0.496 e. The molecule has 44 nitrogen and oxygen atoms in total. The van der Waals surface area contributed by atoms with Crippen LogP contribution >= 0.6 is 21.6 Å². The molecule has 137 heavy (non-hydrogen) atoms. The molecule has 1 spiro atoms. The lowest BCUT2D eigenvalue weighted by Crippen LogP contribution is -2.82. The molecule has 0 radical (unpaired) electrons. The van der Waals surface area contributed by atoms with Gasteiger partial charge >= 0.3 is 36.9 Å². The fourth-order valence-electron chi connectivity index (χ4n) is 19.3. The molecule has 740 valence electrons. The van der Waals surface area contributed by atoms with Crippen LogP contribution in [-0.2, 0) is 115 Å². The predicted octanol–water partition coefficient (Wildman–Crippen LogP) is 2.16. The van der Waals surface area contributed by atoms with Crippen molar-refractivity contribution in [3.63, 3.8) is 0 Å². The van der Waals surface area contributed by atoms with Crippen molar-refractivity contribution in [3.8, 4) is 5.75 Å². The number of H-pyrrole nitrogens is 2. The number of methoxy groups -OCH3 is 1. The lowest BCUT2D eigenvalue weighted by Gasteiger charge is -2.63. The van der Waals surface area contributed by atoms with Crippen molar-refractivity contribution in [1.29, 1.82) is 0 Å². The van der Waals surface area contributed by atoms with Crippen molar-refractivity contribution in [2.24, 2.45) is 39.6 Å². The second kappa shape index (κ2) is 53.9. The summed E-state index contributed by atoms with van der Waals surface area (Å²) in [6, 6.07) is 16.5. The van der Waals surface area contributed by atoms with E-state index in [9.17, 15) is 58.5 Å². The Hall–Kier alpha value is -13.2. The van der Waals surface area contributed by atoms with Gasteiger partial charge in [-0.3, -0.25) is 68.4 Å². The topological polar surface area (TPSA) is 672 Å². The third kappa shape index (κ3) is 28.3. The Balaban J connectivity index is 0.000000483. The molecule has 6 aliphatic rings. The van der Waals surface area contributed by atoms with Gasteiger partial charge in [0, 0.05) is 157 Å². The lowest BCUT2D eigenvalue weighted by molar-refractivity contribution is -0.204. The minimum absolute atomic E-state index is 0.00272. The molecule has 2 saturated heterocycles. The number of aliphatic hydroxyl groups excluding tert-OH is 1. The summed E-state index contributed by atoms with van der Waals surface area (Å²) in [6.07, 6.45) is 10.2. The number of guanidine groups is 1. The Bertz CT molecular complexity index is 5430. The molecular weight excluding hydrogens is 1830 g/mol. The number of fused-ring (bicyclic) bond motifs is 7. The SMILES string of the molecule is CC(=O)[C@H](C)CC(=O)CCCNC(=O)c1ccc(NCc2cnc3nc(N)[nH]c(=O)c3n2)cc1.CC[C@]1(O)C[C@H]2CN(CCc3c([nH]c4ccccc34)[C@@](COC=O)(c3cc4c(cc3OC)N(C)[C@H]3[C@@](O)(C(=O)NNC(=O)OCCSSCCCC(=O)[C@H](C)NC(=O)[C@H](C)CC(=O)[C@H](CCCN=C(N)N)NC)[C@H](O)[C@]5(CC)C=CCN6CC[C@]43[C@@H]65)C2)C1.O=C=O.O=C=O.O=C=O.O=C=O.O=C=O. The number of amides is 4. The molecule has 8 heterocycles. The molecule has 46 heteroatoms. The Labute approximate surface area is 795 Å². The fraction of sp³-hybridized carbons (Fsp3) is 0.527. The van der Waals surface area contributed by atoms with E-state index in [0.717, 1.165) is 45.5 Å². The number of para-hydroxylation sites is 1. The number of Topliss-reactive ketones (excluding diaryl/α,β-unsaturated/α-hetero) is 4. The van der Waals surface area contributed by atoms with E-state index in [0.29, 0.717) is 157 Å². The number of hydrazine groups is 1. The normalized spacial score (nSPS) is 22.2. The highest BCUT2D eigenvalue weighted by Crippen LogP contribution is 2.68. The van der Waals surface area contributed by atoms with Gasteiger partial charge in [-0.1, -0.05) is 79.6 Å². The molecule has 3 aromatic carbocycles. The average Bonchev–Trinajstić information content (AvgIpc) is 1.49. The summed E-state index contributed by atoms with van der Waals surface area (Å²) >= 11 is 0. The van der Waals surface area contributed by atoms with Gasteiger partial charge in [0.05, 0.1) is 54.7 Å². The zero-order valence-corrected chi connectivity index (χ0v) is 79.1. The van der Waals surface area contributed by atoms with Crippen LogP contribution in [0.4, 0.5) is 22.1 Å². The van der Waals surface area contributed by atoms with E-state index in [2.05, 4.69) is 90.0 Å². The second-order valence-corrected chi connectivity index (χ2v) is 36.4. The highest BCUT2D eigenvalue weighted by molar-refractivity contribution is 8.76. The summed E-state index contributed by atoms with van der Waals surface area (Å²) in [4.78, 5) is 238. The van der Waals surface area contributed by atoms with E-state index < -0.39 is 81.2 Å². The van der Waals surface area contributed by atoms with Crippen LogP contribution in [0.15, 0.2) is 88.8 Å². The minimum atomic E-state index is -2.54. The highest BCUT2D eigenvalue weighted by atomic mass is 33.1. The van der Waals surface area contributed by atoms with Crippen molar-refractivity contribution in [1.82, 2.24) is 61.5 Å². The first-order chi connectivity index (χ1) is 65.4. The summed E-state index contributed by atoms with van der Waals surface area (Å²) in [5, 5.41) is 51.4. The second-order valence-electron chi connectivity index (χ2n) is 33.7. The maximum absolute atomic E-state index is 15.1. The number of aromatic amines is 2. The number of hydrogen-bond acceptors (Lipinski definition) is 38. The van der Waals surface area contributed by atoms with Gasteiger partial charge in [0.1, 0.15) is 36.6 Å². The van der Waals surface area contributed by atoms with Gasteiger partial charge in [0.25, 0.3) is 23.8 Å². The van der Waals surface area contributed by atoms with Gasteiger partial charge in [0.15, 0.2) is 34.3 Å². The number of nitrogens with one attached hydrogen (secondary N) is 8. The molecule has 14 atom stereocenters. The Morgan fingerprint density at radius 3 is 2.12 bits per heavy atom. The van der Waals surface area contributed by atoms with Crippen LogP contribution in [0, 0.1) is 23.2 Å². The first-order valence-electron chi connectivity index (χ1n) is 44.0. The fourth-order valence-corrected chi connectivity index (χ4v) is 21.2. The molecule has 3 fully saturated rings. The number of ketones is 4. The standard InChI is InChI=1S/C63H91N11O12S2.C23H27N7O4.5CO2/c1-8-59(82)32-40-33-61(36-85-37-75,51-42(19-24-73(34-40)35-59)41-15-10-11-16-45(41)69-51)44-30-43-47(31-50(44)84-7)72(6)54-62(43)21-25-74-23-14-20-60(9-2,53(62)74)55(79)63(54,83)56(80)70-71-58(81)86-26-28-88-87-27-13-18-48(76)39(4)68-52(78)38(3)29-49(77)46(66-5)17-12-22-67-57(64)65;1-13(14(2)31)10-18(32)4-3-9-25-21(33)15-5-7-16(8-6-15)26-11-17-12-27-20-19(28-17)22(34)30-23(24)29-20;5*2-1-3/h10-11,14-16,20,30-31,37-40,46,53-55,66,69,79,82-83H,8-9,12-13,17-19,21-29,32-36H2,1-7H3,(H,68,78)(H,70,80)(H,71,81)(H4,64,65,67);5-8,12-13,26H,3-4,9-11H2,1-2H3,(H,25,33)(H3,24,27,29,30,34);;;;;/t38-,39+,40-,46+,53+,54-,55-,59+,60-,61+,62-,63+;13-;;;;;/m11...../s1. The third-order valence-corrected chi connectivity index (χ3v) is 27.8. The summed E-state index contributed by atoms with van der Waals surface area (Å²) < 4.78 is 17.9. The van der Waals surface area contributed by atoms with Gasteiger partial charge < -0.3 is 77.9 Å². The highest BCUT2D eigenvalue weighted by Gasteiger charge is 2.79. The molecule has 1 saturated carbocycles. The number of aliphatic imine (C=N–C) groups is 1. The van der Waals surface area contributed by atoms with E-state index in [1.54, 1.807) is 59.2 Å². The van der Waals surface area contributed by atoms with Gasteiger partial charge in [-0.2, -0.15) is 52.9 Å². The summed E-state index contributed by atoms with van der Waals surface area (Å²) in [6.45, 7) is 15.1. The van der Waals surface area contributed by atoms with Crippen LogP contribution in [0.25, 0.3) is 22.1 Å². The van der Waals surface area contributed by atoms with E-state index in [-0.39, 0.29) is 133 Å². The van der Waals surface area contributed by atoms with Crippen molar-refractivity contribution in [2.45, 2.75) is 190 Å². The smallest absolute Gasteiger partial charge is 0.426 e. The lowest BCUT2D eigenvalue weighted by atomic mass is 9.47. The number of carbonyl (C=O) groups excluding carboxylic acids is 19. The van der Waals surface area contributed by atoms with Crippen molar-refractivity contribution in [3.05, 3.63) is 123 Å². The Kier molecular flexibility index (Phi) is 44.3. The van der Waals surface area contributed by atoms with Crippen molar-refractivity contribution in [2.75, 3.05) is 108 Å². The van der Waals surface area contributed by atoms with E-state index in [1.807, 2.05) is 56.1 Å². The number of likely N-dealkylation sites (N-methyl/N-ethyl adjacent to an activating group) is 2. The maximum atomic E-state index is 15.1. The number of aromatic nitrogens is 5. The van der Waals surface area contributed by atoms with Gasteiger partial charge in [-0.15, -0.1) is 0 Å². The van der Waals surface area contributed by atoms with Gasteiger partial charge in [0.2, 0.25) is 11.9 Å². The quantitative estimate of drug-likeness (QED) is 0.00502. The first kappa shape index (κ1) is 113. The van der Waals surface area contributed by atoms with Crippen LogP contribution in [0.3, 0.4) is 0 Å². The monoisotopic (exact) mass is 1940 g/mol. The predicted molar refractivity (Wildman–Crippen MR) is 492 cm³/mol. The third-order valence-electron chi connectivity index (χ3n) is 25.4. The zero-order valence-electron chi connectivity index (χ0n) is 77.5. The van der Waals surface area contributed by atoms with Gasteiger partial charge in [-0.25, -0.2) is 20.2 Å². The molecule has 3 aromatic heterocycles. The molecule has 2 bridgehead atoms. The number of benzene rings is 3.